The number of ether oxygens (including phenoxy) is 1. The minimum absolute atomic E-state index is 0.0258. The smallest absolute Gasteiger partial charge is 0.261 e. The van der Waals surface area contributed by atoms with E-state index < -0.39 is 23.4 Å². The number of anilines is 2. The molecule has 57 heavy (non-hydrogen) atoms. The first kappa shape index (κ1) is 39.2. The van der Waals surface area contributed by atoms with Gasteiger partial charge in [-0.2, -0.15) is 0 Å². The summed E-state index contributed by atoms with van der Waals surface area (Å²) in [6.07, 6.45) is 10.0. The zero-order chi connectivity index (χ0) is 39.8. The van der Waals surface area contributed by atoms with Crippen LogP contribution in [-0.2, 0) is 9.59 Å². The number of imide groups is 1. The average Bonchev–Trinajstić information content (AvgIpc) is 3.20. The normalized spacial score (nSPS) is 22.7. The van der Waals surface area contributed by atoms with Gasteiger partial charge in [-0.3, -0.25) is 24.3 Å². The number of hydrogen-bond acceptors (Lipinski definition) is 10. The lowest BCUT2D eigenvalue weighted by Gasteiger charge is -2.54. The van der Waals surface area contributed by atoms with Gasteiger partial charge in [0.05, 0.1) is 22.9 Å². The molecular formula is C42H48F3N7O4S. The molecule has 15 heteroatoms. The van der Waals surface area contributed by atoms with E-state index in [-0.39, 0.29) is 58.4 Å². The number of aromatic nitrogens is 2. The average molecular weight is 804 g/mol. The van der Waals surface area contributed by atoms with Crippen LogP contribution in [0.2, 0.25) is 0 Å². The molecule has 3 N–H and O–H groups in total. The highest BCUT2D eigenvalue weighted by atomic mass is 32.2. The van der Waals surface area contributed by atoms with Crippen molar-refractivity contribution in [2.75, 3.05) is 36.7 Å². The fourth-order valence-electron chi connectivity index (χ4n) is 9.09. The fourth-order valence-corrected chi connectivity index (χ4v) is 9.63. The highest BCUT2D eigenvalue weighted by Gasteiger charge is 2.47. The number of hydrogen-bond donors (Lipinski definition) is 3. The zero-order valence-electron chi connectivity index (χ0n) is 32.2. The molecule has 8 rings (SSSR count). The largest absolute Gasteiger partial charge is 0.451 e. The maximum Gasteiger partial charge on any atom is 0.261 e. The molecule has 0 radical (unpaired) electrons. The summed E-state index contributed by atoms with van der Waals surface area (Å²) in [5, 5.41) is 5.73. The van der Waals surface area contributed by atoms with Crippen LogP contribution in [0.4, 0.5) is 24.5 Å². The molecule has 4 aliphatic rings. The first-order valence-corrected chi connectivity index (χ1v) is 20.7. The molecule has 2 aliphatic heterocycles. The van der Waals surface area contributed by atoms with E-state index >= 15 is 8.78 Å². The summed E-state index contributed by atoms with van der Waals surface area (Å²) in [5.74, 6) is -2.90. The van der Waals surface area contributed by atoms with E-state index in [4.69, 9.17) is 4.74 Å². The van der Waals surface area contributed by atoms with Gasteiger partial charge in [0.2, 0.25) is 17.6 Å². The lowest BCUT2D eigenvalue weighted by atomic mass is 9.60. The lowest BCUT2D eigenvalue weighted by molar-refractivity contribution is -0.133. The molecule has 4 aromatic rings. The number of carbonyl (C=O) groups is 2. The minimum Gasteiger partial charge on any atom is -0.451 e. The van der Waals surface area contributed by atoms with Crippen LogP contribution in [0.25, 0.3) is 10.9 Å². The van der Waals surface area contributed by atoms with Crippen molar-refractivity contribution in [1.82, 2.24) is 24.1 Å². The number of rotatable bonds is 11. The van der Waals surface area contributed by atoms with Crippen molar-refractivity contribution in [3.05, 3.63) is 88.2 Å². The summed E-state index contributed by atoms with van der Waals surface area (Å²) in [6.45, 7) is 4.67. The highest BCUT2D eigenvalue weighted by Crippen LogP contribution is 2.55. The third-order valence-corrected chi connectivity index (χ3v) is 13.5. The molecule has 2 saturated heterocycles. The standard InChI is InChI=1S/C42H48F3N7O4S/c1-3-50(2)57-49-35-13-11-32(43)39(38(35)45)56-29-9-12-34-31(21-29)41(55)52(24-46-34)28-22-42(23-28)16-18-51(19-17-42)27-7-4-25(5-8-27)30-10-6-26(20-33(30)44)47-36-14-15-37(53)48-40(36)54/h6,9-13,20-21,24-25,27-28,36,47,49H,3-5,7-8,14-19,22-23H2,1-2H3,(H,48,53,54). The van der Waals surface area contributed by atoms with Crippen LogP contribution in [0, 0.1) is 22.9 Å². The third-order valence-electron chi connectivity index (χ3n) is 12.6. The fraction of sp³-hybridized carbons (Fsp3) is 0.476. The molecule has 2 aliphatic carbocycles. The molecule has 2 amide bonds. The Morgan fingerprint density at radius 2 is 1.72 bits per heavy atom. The van der Waals surface area contributed by atoms with Crippen molar-refractivity contribution in [3.8, 4) is 11.5 Å². The van der Waals surface area contributed by atoms with Gasteiger partial charge >= 0.3 is 0 Å². The van der Waals surface area contributed by atoms with E-state index in [2.05, 4.69) is 25.2 Å². The second-order valence-corrected chi connectivity index (χ2v) is 17.1. The summed E-state index contributed by atoms with van der Waals surface area (Å²) >= 11 is 1.18. The number of piperidine rings is 2. The van der Waals surface area contributed by atoms with Gasteiger partial charge in [0.1, 0.15) is 17.6 Å². The Labute approximate surface area is 334 Å². The zero-order valence-corrected chi connectivity index (χ0v) is 33.0. The highest BCUT2D eigenvalue weighted by molar-refractivity contribution is 7.98. The van der Waals surface area contributed by atoms with Crippen LogP contribution in [0.15, 0.2) is 59.7 Å². The van der Waals surface area contributed by atoms with Crippen molar-refractivity contribution in [2.45, 2.75) is 95.2 Å². The Balaban J connectivity index is 0.841. The number of fused-ring (bicyclic) bond motifs is 1. The number of likely N-dealkylation sites (tertiary alicyclic amines) is 1. The molecule has 0 bridgehead atoms. The van der Waals surface area contributed by atoms with Crippen LogP contribution < -0.4 is 25.7 Å². The number of benzene rings is 3. The molecule has 1 aromatic heterocycles. The van der Waals surface area contributed by atoms with Crippen molar-refractivity contribution in [1.29, 1.82) is 0 Å². The Hall–Kier alpha value is -4.60. The second kappa shape index (κ2) is 16.3. The number of carbonyl (C=O) groups excluding carboxylic acids is 2. The Bertz CT molecular complexity index is 2220. The number of nitrogens with one attached hydrogen (secondary N) is 3. The SMILES string of the molecule is CCN(C)SNc1ccc(F)c(Oc2ccc3ncn(C4CC5(CCN(C6CCC(c7ccc(NC8CCC(=O)NC8=O)cc7F)CC6)CC5)C4)c(=O)c3c2)c1F. The van der Waals surface area contributed by atoms with E-state index in [0.717, 1.165) is 82.6 Å². The Morgan fingerprint density at radius 3 is 2.44 bits per heavy atom. The van der Waals surface area contributed by atoms with Gasteiger partial charge in [0, 0.05) is 42.9 Å². The summed E-state index contributed by atoms with van der Waals surface area (Å²) < 4.78 is 57.5. The molecule has 4 fully saturated rings. The molecule has 1 unspecified atom stereocenters. The molecule has 1 spiro atoms. The summed E-state index contributed by atoms with van der Waals surface area (Å²) in [5.41, 5.74) is 1.81. The van der Waals surface area contributed by atoms with Crippen LogP contribution in [-0.4, -0.2) is 69.3 Å². The summed E-state index contributed by atoms with van der Waals surface area (Å²) in [4.78, 5) is 44.5. The number of halogens is 3. The van der Waals surface area contributed by atoms with Gasteiger partial charge in [-0.25, -0.2) is 22.5 Å². The van der Waals surface area contributed by atoms with E-state index in [1.807, 2.05) is 30.4 Å². The van der Waals surface area contributed by atoms with Gasteiger partial charge in [0.25, 0.3) is 5.56 Å². The third kappa shape index (κ3) is 8.24. The van der Waals surface area contributed by atoms with Crippen LogP contribution in [0.3, 0.4) is 0 Å². The van der Waals surface area contributed by atoms with E-state index in [0.29, 0.717) is 29.1 Å². The Kier molecular flexibility index (Phi) is 11.2. The molecule has 1 atom stereocenters. The maximum atomic E-state index is 15.3. The van der Waals surface area contributed by atoms with Gasteiger partial charge in [-0.05, 0) is 137 Å². The van der Waals surface area contributed by atoms with Crippen molar-refractivity contribution < 1.29 is 27.5 Å². The van der Waals surface area contributed by atoms with Crippen molar-refractivity contribution in [2.24, 2.45) is 5.41 Å². The van der Waals surface area contributed by atoms with Crippen molar-refractivity contribution in [3.63, 3.8) is 0 Å². The first-order chi connectivity index (χ1) is 27.5. The number of amides is 2. The summed E-state index contributed by atoms with van der Waals surface area (Å²) in [6, 6.07) is 12.2. The molecule has 2 saturated carbocycles. The second-order valence-electron chi connectivity index (χ2n) is 16.1. The number of nitrogens with zero attached hydrogens (tertiary/aromatic N) is 4. The van der Waals surface area contributed by atoms with Crippen LogP contribution in [0.5, 0.6) is 11.5 Å². The van der Waals surface area contributed by atoms with Crippen LogP contribution >= 0.6 is 12.1 Å². The molecule has 11 nitrogen and oxygen atoms in total. The minimum atomic E-state index is -0.866. The topological polar surface area (TPSA) is 121 Å². The molecule has 302 valence electrons. The van der Waals surface area contributed by atoms with Gasteiger partial charge < -0.3 is 19.7 Å². The van der Waals surface area contributed by atoms with Crippen molar-refractivity contribution >= 4 is 46.2 Å². The van der Waals surface area contributed by atoms with E-state index in [1.54, 1.807) is 23.0 Å². The molecular weight excluding hydrogens is 756 g/mol. The predicted molar refractivity (Wildman–Crippen MR) is 215 cm³/mol. The quantitative estimate of drug-likeness (QED) is 0.102. The lowest BCUT2D eigenvalue weighted by Crippen LogP contribution is -2.51. The Morgan fingerprint density at radius 1 is 0.947 bits per heavy atom. The monoisotopic (exact) mass is 803 g/mol. The van der Waals surface area contributed by atoms with Gasteiger partial charge in [-0.1, -0.05) is 13.0 Å². The van der Waals surface area contributed by atoms with E-state index in [1.165, 1.54) is 30.3 Å². The maximum absolute atomic E-state index is 15.3. The van der Waals surface area contributed by atoms with Crippen LogP contribution in [0.1, 0.15) is 88.7 Å². The first-order valence-electron chi connectivity index (χ1n) is 19.9. The van der Waals surface area contributed by atoms with Gasteiger partial charge in [0.15, 0.2) is 11.6 Å². The van der Waals surface area contributed by atoms with Gasteiger partial charge in [-0.15, -0.1) is 0 Å². The molecule has 3 heterocycles. The predicted octanol–water partition coefficient (Wildman–Crippen LogP) is 7.89. The van der Waals surface area contributed by atoms with E-state index in [9.17, 15) is 18.8 Å². The summed E-state index contributed by atoms with van der Waals surface area (Å²) in [7, 11) is 1.84. The molecule has 3 aromatic carbocycles.